The maximum atomic E-state index is 6.12. The van der Waals surface area contributed by atoms with Crippen LogP contribution in [0.3, 0.4) is 0 Å². The first-order valence-electron chi connectivity index (χ1n) is 7.37. The van der Waals surface area contributed by atoms with Gasteiger partial charge in [0.15, 0.2) is 0 Å². The van der Waals surface area contributed by atoms with E-state index < -0.39 is 0 Å². The summed E-state index contributed by atoms with van der Waals surface area (Å²) in [7, 11) is 0. The van der Waals surface area contributed by atoms with Crippen molar-refractivity contribution >= 4 is 0 Å². The number of hydrogen-bond donors (Lipinski definition) is 1. The zero-order valence-electron chi connectivity index (χ0n) is 12.0. The van der Waals surface area contributed by atoms with E-state index in [9.17, 15) is 0 Å². The molecule has 17 heavy (non-hydrogen) atoms. The van der Waals surface area contributed by atoms with Crippen molar-refractivity contribution in [3.05, 3.63) is 0 Å². The molecule has 0 bridgehead atoms. The van der Waals surface area contributed by atoms with Crippen LogP contribution in [0.5, 0.6) is 0 Å². The Morgan fingerprint density at radius 3 is 2.41 bits per heavy atom. The quantitative estimate of drug-likeness (QED) is 0.767. The lowest BCUT2D eigenvalue weighted by molar-refractivity contribution is -0.0270. The second-order valence-corrected chi connectivity index (χ2v) is 6.96. The van der Waals surface area contributed by atoms with Gasteiger partial charge in [-0.25, -0.2) is 0 Å². The van der Waals surface area contributed by atoms with E-state index in [1.54, 1.807) is 0 Å². The zero-order chi connectivity index (χ0) is 12.5. The van der Waals surface area contributed by atoms with Crippen molar-refractivity contribution in [2.75, 3.05) is 6.54 Å². The van der Waals surface area contributed by atoms with E-state index in [4.69, 9.17) is 4.74 Å². The number of rotatable bonds is 6. The lowest BCUT2D eigenvalue weighted by Gasteiger charge is -2.26. The fourth-order valence-corrected chi connectivity index (χ4v) is 2.78. The lowest BCUT2D eigenvalue weighted by Crippen LogP contribution is -2.31. The van der Waals surface area contributed by atoms with Gasteiger partial charge in [-0.3, -0.25) is 0 Å². The number of hydrogen-bond acceptors (Lipinski definition) is 2. The highest BCUT2D eigenvalue weighted by Crippen LogP contribution is 2.34. The summed E-state index contributed by atoms with van der Waals surface area (Å²) in [5.74, 6) is 1.53. The number of ether oxygens (including phenoxy) is 1. The van der Waals surface area contributed by atoms with Gasteiger partial charge in [-0.05, 0) is 64.3 Å². The topological polar surface area (TPSA) is 21.3 Å². The Morgan fingerprint density at radius 1 is 1.24 bits per heavy atom. The lowest BCUT2D eigenvalue weighted by atomic mass is 9.89. The largest absolute Gasteiger partial charge is 0.372 e. The molecule has 2 unspecified atom stereocenters. The van der Waals surface area contributed by atoms with Gasteiger partial charge in [-0.2, -0.15) is 0 Å². The van der Waals surface area contributed by atoms with Crippen LogP contribution in [0.25, 0.3) is 0 Å². The highest BCUT2D eigenvalue weighted by molar-refractivity contribution is 4.86. The zero-order valence-corrected chi connectivity index (χ0v) is 12.0. The van der Waals surface area contributed by atoms with Crippen molar-refractivity contribution < 1.29 is 4.74 Å². The van der Waals surface area contributed by atoms with Crippen LogP contribution in [-0.2, 0) is 4.74 Å². The van der Waals surface area contributed by atoms with Gasteiger partial charge in [0.1, 0.15) is 0 Å². The van der Waals surface area contributed by atoms with Gasteiger partial charge in [-0.1, -0.05) is 13.8 Å². The van der Waals surface area contributed by atoms with Crippen molar-refractivity contribution in [3.63, 3.8) is 0 Å². The Kier molecular flexibility index (Phi) is 4.14. The van der Waals surface area contributed by atoms with Crippen LogP contribution in [0, 0.1) is 11.8 Å². The summed E-state index contributed by atoms with van der Waals surface area (Å²) in [6.07, 6.45) is 6.98. The summed E-state index contributed by atoms with van der Waals surface area (Å²) in [6, 6.07) is 0.831. The molecule has 0 aromatic rings. The third kappa shape index (κ3) is 4.26. The SMILES string of the molecule is CC(C)C(CNC1CC1)CC1CCC(C)(C)O1. The van der Waals surface area contributed by atoms with Gasteiger partial charge in [0.05, 0.1) is 11.7 Å². The Labute approximate surface area is 107 Å². The Morgan fingerprint density at radius 2 is 1.94 bits per heavy atom. The van der Waals surface area contributed by atoms with Crippen molar-refractivity contribution in [3.8, 4) is 0 Å². The number of nitrogens with one attached hydrogen (secondary N) is 1. The molecule has 0 aromatic carbocycles. The molecule has 1 saturated carbocycles. The van der Waals surface area contributed by atoms with Crippen molar-refractivity contribution in [1.82, 2.24) is 5.32 Å². The molecule has 0 spiro atoms. The predicted octanol–water partition coefficient (Wildman–Crippen LogP) is 3.36. The highest BCUT2D eigenvalue weighted by Gasteiger charge is 2.33. The molecule has 0 aromatic heterocycles. The normalized spacial score (nSPS) is 29.8. The van der Waals surface area contributed by atoms with E-state index in [-0.39, 0.29) is 5.60 Å². The van der Waals surface area contributed by atoms with Crippen LogP contribution in [0.2, 0.25) is 0 Å². The molecule has 1 aliphatic heterocycles. The molecule has 1 aliphatic carbocycles. The summed E-state index contributed by atoms with van der Waals surface area (Å²) in [4.78, 5) is 0. The summed E-state index contributed by atoms with van der Waals surface area (Å²) in [5, 5.41) is 3.68. The van der Waals surface area contributed by atoms with Crippen molar-refractivity contribution in [2.45, 2.75) is 77.5 Å². The second kappa shape index (κ2) is 5.27. The fraction of sp³-hybridized carbons (Fsp3) is 1.00. The Hall–Kier alpha value is -0.0800. The molecule has 100 valence electrons. The van der Waals surface area contributed by atoms with E-state index in [0.29, 0.717) is 6.10 Å². The molecule has 2 heteroatoms. The van der Waals surface area contributed by atoms with Gasteiger partial charge in [-0.15, -0.1) is 0 Å². The van der Waals surface area contributed by atoms with Crippen molar-refractivity contribution in [1.29, 1.82) is 0 Å². The fourth-order valence-electron chi connectivity index (χ4n) is 2.78. The monoisotopic (exact) mass is 239 g/mol. The van der Waals surface area contributed by atoms with Crippen LogP contribution < -0.4 is 5.32 Å². The average molecular weight is 239 g/mol. The Balaban J connectivity index is 1.76. The van der Waals surface area contributed by atoms with Gasteiger partial charge < -0.3 is 10.1 Å². The maximum absolute atomic E-state index is 6.12. The maximum Gasteiger partial charge on any atom is 0.0631 e. The molecule has 1 heterocycles. The van der Waals surface area contributed by atoms with Gasteiger partial charge in [0.2, 0.25) is 0 Å². The minimum atomic E-state index is 0.121. The molecule has 2 rings (SSSR count). The predicted molar refractivity (Wildman–Crippen MR) is 72.2 cm³/mol. The highest BCUT2D eigenvalue weighted by atomic mass is 16.5. The smallest absolute Gasteiger partial charge is 0.0631 e. The van der Waals surface area contributed by atoms with E-state index in [2.05, 4.69) is 33.0 Å². The minimum Gasteiger partial charge on any atom is -0.372 e. The first-order valence-corrected chi connectivity index (χ1v) is 7.37. The van der Waals surface area contributed by atoms with Gasteiger partial charge in [0, 0.05) is 6.04 Å². The Bertz CT molecular complexity index is 245. The van der Waals surface area contributed by atoms with Crippen LogP contribution in [-0.4, -0.2) is 24.3 Å². The molecule has 2 aliphatic rings. The molecule has 0 amide bonds. The van der Waals surface area contributed by atoms with E-state index in [0.717, 1.165) is 17.9 Å². The van der Waals surface area contributed by atoms with Crippen LogP contribution in [0.15, 0.2) is 0 Å². The van der Waals surface area contributed by atoms with Crippen LogP contribution in [0.1, 0.15) is 59.8 Å². The third-order valence-electron chi connectivity index (χ3n) is 4.31. The summed E-state index contributed by atoms with van der Waals surface area (Å²) < 4.78 is 6.12. The average Bonchev–Trinajstić information content (AvgIpc) is 2.98. The molecule has 1 saturated heterocycles. The molecular weight excluding hydrogens is 210 g/mol. The standard InChI is InChI=1S/C15H29NO/c1-11(2)12(10-16-13-5-6-13)9-14-7-8-15(3,4)17-14/h11-14,16H,5-10H2,1-4H3. The first-order chi connectivity index (χ1) is 7.96. The van der Waals surface area contributed by atoms with Crippen LogP contribution in [0.4, 0.5) is 0 Å². The summed E-state index contributed by atoms with van der Waals surface area (Å²) in [5.41, 5.74) is 0.121. The van der Waals surface area contributed by atoms with E-state index in [1.165, 1.54) is 38.6 Å². The molecule has 2 fully saturated rings. The molecule has 0 radical (unpaired) electrons. The van der Waals surface area contributed by atoms with E-state index in [1.807, 2.05) is 0 Å². The second-order valence-electron chi connectivity index (χ2n) is 6.96. The van der Waals surface area contributed by atoms with E-state index >= 15 is 0 Å². The first kappa shape index (κ1) is 13.4. The summed E-state index contributed by atoms with van der Waals surface area (Å²) in [6.45, 7) is 10.3. The van der Waals surface area contributed by atoms with Gasteiger partial charge >= 0.3 is 0 Å². The third-order valence-corrected chi connectivity index (χ3v) is 4.31. The van der Waals surface area contributed by atoms with Gasteiger partial charge in [0.25, 0.3) is 0 Å². The molecular formula is C15H29NO. The summed E-state index contributed by atoms with van der Waals surface area (Å²) >= 11 is 0. The molecule has 1 N–H and O–H groups in total. The van der Waals surface area contributed by atoms with Crippen LogP contribution >= 0.6 is 0 Å². The molecule has 2 atom stereocenters. The molecule has 2 nitrogen and oxygen atoms in total. The van der Waals surface area contributed by atoms with Crippen molar-refractivity contribution in [2.24, 2.45) is 11.8 Å². The minimum absolute atomic E-state index is 0.121.